The van der Waals surface area contributed by atoms with E-state index in [9.17, 15) is 9.90 Å². The summed E-state index contributed by atoms with van der Waals surface area (Å²) in [6, 6.07) is 48.5. The number of carbonyl (C=O) groups is 1. The molecule has 1 N–H and O–H groups in total. The third-order valence-electron chi connectivity index (χ3n) is 11.2. The standard InChI is InChI=1S/C48H36N2O2S2/c1-47(2)38-12-8-6-10-34(38)36-21-18-31(26-40(36)47)50(32-19-22-37-35-11-7-9-13-39(35)48(3,4)41(37)27-32)30-16-14-29(15-17-30)43-24-25-45(54-43)44-23-20-33(53-44)28-42(49-5)46(51)52/h6-28H,1-4H3,(H,51,52). The summed E-state index contributed by atoms with van der Waals surface area (Å²) in [7, 11) is 0. The quantitative estimate of drug-likeness (QED) is 0.131. The Bertz CT molecular complexity index is 2610. The van der Waals surface area contributed by atoms with Crippen molar-refractivity contribution in [2.75, 3.05) is 4.90 Å². The van der Waals surface area contributed by atoms with Crippen molar-refractivity contribution < 1.29 is 9.90 Å². The molecule has 0 saturated carbocycles. The number of thiophene rings is 2. The van der Waals surface area contributed by atoms with Crippen molar-refractivity contribution in [3.63, 3.8) is 0 Å². The molecule has 2 aliphatic carbocycles. The molecule has 6 heteroatoms. The van der Waals surface area contributed by atoms with Gasteiger partial charge in [0.15, 0.2) is 0 Å². The van der Waals surface area contributed by atoms with E-state index in [4.69, 9.17) is 6.57 Å². The number of hydrogen-bond donors (Lipinski definition) is 1. The van der Waals surface area contributed by atoms with E-state index in [0.29, 0.717) is 0 Å². The summed E-state index contributed by atoms with van der Waals surface area (Å²) < 4.78 is 0. The van der Waals surface area contributed by atoms with Crippen molar-refractivity contribution in [2.24, 2.45) is 0 Å². The molecule has 7 aromatic rings. The molecular weight excluding hydrogens is 701 g/mol. The van der Waals surface area contributed by atoms with Crippen molar-refractivity contribution >= 4 is 51.8 Å². The lowest BCUT2D eigenvalue weighted by Crippen LogP contribution is -2.18. The number of benzene rings is 5. The van der Waals surface area contributed by atoms with Crippen LogP contribution in [0.2, 0.25) is 0 Å². The fraction of sp³-hybridized carbons (Fsp3) is 0.125. The first-order valence-electron chi connectivity index (χ1n) is 18.0. The van der Waals surface area contributed by atoms with E-state index >= 15 is 0 Å². The van der Waals surface area contributed by atoms with Gasteiger partial charge in [-0.25, -0.2) is 4.85 Å². The molecule has 4 nitrogen and oxygen atoms in total. The minimum atomic E-state index is -1.21. The molecule has 0 atom stereocenters. The lowest BCUT2D eigenvalue weighted by atomic mass is 9.82. The van der Waals surface area contributed by atoms with Gasteiger partial charge in [0, 0.05) is 47.4 Å². The predicted molar refractivity (Wildman–Crippen MR) is 225 cm³/mol. The number of rotatable bonds is 7. The highest BCUT2D eigenvalue weighted by Crippen LogP contribution is 2.53. The smallest absolute Gasteiger partial charge is 0.333 e. The van der Waals surface area contributed by atoms with Gasteiger partial charge < -0.3 is 10.0 Å². The Morgan fingerprint density at radius 2 is 1.07 bits per heavy atom. The summed E-state index contributed by atoms with van der Waals surface area (Å²) >= 11 is 3.19. The molecule has 0 fully saturated rings. The van der Waals surface area contributed by atoms with Crippen LogP contribution < -0.4 is 4.90 Å². The number of hydrogen-bond acceptors (Lipinski definition) is 4. The largest absolute Gasteiger partial charge is 0.486 e. The maximum Gasteiger partial charge on any atom is 0.333 e. The average Bonchev–Trinajstić information content (AvgIpc) is 3.95. The van der Waals surface area contributed by atoms with Crippen molar-refractivity contribution in [2.45, 2.75) is 38.5 Å². The van der Waals surface area contributed by atoms with Crippen LogP contribution in [0.5, 0.6) is 0 Å². The van der Waals surface area contributed by atoms with Gasteiger partial charge in [-0.15, -0.1) is 22.7 Å². The molecule has 0 aliphatic heterocycles. The fourth-order valence-electron chi connectivity index (χ4n) is 8.35. The van der Waals surface area contributed by atoms with E-state index in [1.807, 2.05) is 12.1 Å². The Balaban J connectivity index is 1.11. The van der Waals surface area contributed by atoms with Crippen molar-refractivity contribution in [3.8, 4) is 42.4 Å². The second kappa shape index (κ2) is 12.6. The summed E-state index contributed by atoms with van der Waals surface area (Å²) in [5.41, 5.74) is 14.6. The second-order valence-corrected chi connectivity index (χ2v) is 17.2. The molecule has 2 aliphatic rings. The Labute approximate surface area is 323 Å². The highest BCUT2D eigenvalue weighted by Gasteiger charge is 2.37. The molecule has 9 rings (SSSR count). The molecule has 2 aromatic heterocycles. The van der Waals surface area contributed by atoms with Crippen LogP contribution in [0.25, 0.3) is 53.4 Å². The SMILES string of the molecule is [C-]#[N+]C(=Cc1ccc(-c2ccc(-c3ccc(N(c4ccc5c(c4)C(C)(C)c4ccccc4-5)c4ccc5c(c4)C(C)(C)c4ccccc4-5)cc3)s2)s1)C(=O)O. The first kappa shape index (κ1) is 33.8. The van der Waals surface area contributed by atoms with Gasteiger partial charge in [-0.3, -0.25) is 4.79 Å². The monoisotopic (exact) mass is 736 g/mol. The van der Waals surface area contributed by atoms with Crippen molar-refractivity contribution in [1.29, 1.82) is 0 Å². The molecule has 0 unspecified atom stereocenters. The zero-order valence-electron chi connectivity index (χ0n) is 30.3. The first-order valence-corrected chi connectivity index (χ1v) is 19.6. The first-order chi connectivity index (χ1) is 26.0. The van der Waals surface area contributed by atoms with E-state index in [2.05, 4.69) is 159 Å². The number of nitrogens with zero attached hydrogens (tertiary/aromatic N) is 2. The van der Waals surface area contributed by atoms with Crippen molar-refractivity contribution in [3.05, 3.63) is 178 Å². The number of fused-ring (bicyclic) bond motifs is 6. The molecule has 5 aromatic carbocycles. The molecule has 54 heavy (non-hydrogen) atoms. The van der Waals surface area contributed by atoms with Gasteiger partial charge in [0.25, 0.3) is 5.70 Å². The van der Waals surface area contributed by atoms with E-state index in [0.717, 1.165) is 42.1 Å². The minimum Gasteiger partial charge on any atom is -0.486 e. The van der Waals surface area contributed by atoms with Gasteiger partial charge >= 0.3 is 5.97 Å². The third-order valence-corrected chi connectivity index (χ3v) is 13.5. The van der Waals surface area contributed by atoms with Gasteiger partial charge in [-0.1, -0.05) is 100 Å². The number of anilines is 3. The van der Waals surface area contributed by atoms with E-state index in [-0.39, 0.29) is 16.5 Å². The Morgan fingerprint density at radius 1 is 0.593 bits per heavy atom. The van der Waals surface area contributed by atoms with Crippen LogP contribution in [0.3, 0.4) is 0 Å². The van der Waals surface area contributed by atoms with Crippen LogP contribution >= 0.6 is 22.7 Å². The van der Waals surface area contributed by atoms with Gasteiger partial charge in [-0.2, -0.15) is 0 Å². The van der Waals surface area contributed by atoms with Crippen LogP contribution in [0.15, 0.2) is 139 Å². The zero-order chi connectivity index (χ0) is 37.4. The summed E-state index contributed by atoms with van der Waals surface area (Å²) in [6.45, 7) is 16.5. The minimum absolute atomic E-state index is 0.120. The molecule has 0 spiro atoms. The Hall–Kier alpha value is -6.00. The van der Waals surface area contributed by atoms with Crippen LogP contribution in [0.1, 0.15) is 54.8 Å². The third kappa shape index (κ3) is 5.35. The maximum absolute atomic E-state index is 11.3. The summed E-state index contributed by atoms with van der Waals surface area (Å²) in [5.74, 6) is -1.21. The van der Waals surface area contributed by atoms with Gasteiger partial charge in [0.05, 0.1) is 6.57 Å². The number of aliphatic carboxylic acids is 1. The molecule has 0 bridgehead atoms. The maximum atomic E-state index is 11.3. The molecule has 262 valence electrons. The second-order valence-electron chi connectivity index (χ2n) is 15.0. The molecule has 2 heterocycles. The van der Waals surface area contributed by atoms with Crippen LogP contribution in [0.4, 0.5) is 17.1 Å². The van der Waals surface area contributed by atoms with Gasteiger partial charge in [0.2, 0.25) is 0 Å². The number of carboxylic acids is 1. The van der Waals surface area contributed by atoms with E-state index in [1.54, 1.807) is 11.3 Å². The Kier molecular flexibility index (Phi) is 7.86. The summed E-state index contributed by atoms with van der Waals surface area (Å²) in [5, 5.41) is 9.28. The Morgan fingerprint density at radius 3 is 1.63 bits per heavy atom. The lowest BCUT2D eigenvalue weighted by Gasteiger charge is -2.30. The fourth-order valence-corrected chi connectivity index (χ4v) is 10.4. The normalized spacial score (nSPS) is 14.5. The van der Waals surface area contributed by atoms with Crippen LogP contribution in [0, 0.1) is 6.57 Å². The molecular formula is C48H36N2O2S2. The summed E-state index contributed by atoms with van der Waals surface area (Å²) in [4.78, 5) is 20.9. The topological polar surface area (TPSA) is 44.9 Å². The molecule has 0 radical (unpaired) electrons. The van der Waals surface area contributed by atoms with Crippen LogP contribution in [-0.4, -0.2) is 11.1 Å². The lowest BCUT2D eigenvalue weighted by molar-refractivity contribution is -0.132. The zero-order valence-corrected chi connectivity index (χ0v) is 32.0. The van der Waals surface area contributed by atoms with Crippen LogP contribution in [-0.2, 0) is 15.6 Å². The van der Waals surface area contributed by atoms with Gasteiger partial charge in [0.1, 0.15) is 0 Å². The average molecular weight is 737 g/mol. The highest BCUT2D eigenvalue weighted by molar-refractivity contribution is 7.24. The summed E-state index contributed by atoms with van der Waals surface area (Å²) in [6.07, 6.45) is 1.43. The van der Waals surface area contributed by atoms with E-state index in [1.165, 1.54) is 61.9 Å². The highest BCUT2D eigenvalue weighted by atomic mass is 32.1. The molecule has 0 saturated heterocycles. The van der Waals surface area contributed by atoms with E-state index < -0.39 is 5.97 Å². The predicted octanol–water partition coefficient (Wildman–Crippen LogP) is 13.6. The van der Waals surface area contributed by atoms with Gasteiger partial charge in [-0.05, 0) is 117 Å². The molecule has 0 amide bonds. The number of carboxylic acid groups (broad SMARTS) is 1. The van der Waals surface area contributed by atoms with Crippen molar-refractivity contribution in [1.82, 2.24) is 0 Å².